The highest BCUT2D eigenvalue weighted by Gasteiger charge is 2.29. The molecule has 1 aliphatic heterocycles. The largest absolute Gasteiger partial charge is 0.467 e. The number of carbonyl (C=O) groups is 1. The Morgan fingerprint density at radius 1 is 1.33 bits per heavy atom. The minimum Gasteiger partial charge on any atom is -0.467 e. The predicted molar refractivity (Wildman–Crippen MR) is 112 cm³/mol. The van der Waals surface area contributed by atoms with Gasteiger partial charge in [-0.2, -0.15) is 0 Å². The molecule has 0 saturated carbocycles. The summed E-state index contributed by atoms with van der Waals surface area (Å²) in [6.07, 6.45) is 2.71. The Morgan fingerprint density at radius 2 is 2.17 bits per heavy atom. The molecular weight excluding hydrogens is 426 g/mol. The molecule has 3 aromatic rings. The Kier molecular flexibility index (Phi) is 5.88. The summed E-state index contributed by atoms with van der Waals surface area (Å²) >= 11 is 1.20. The van der Waals surface area contributed by atoms with Crippen LogP contribution in [0.5, 0.6) is 0 Å². The van der Waals surface area contributed by atoms with Crippen LogP contribution in [0.15, 0.2) is 38.5 Å². The molecule has 3 aromatic heterocycles. The van der Waals surface area contributed by atoms with E-state index in [2.05, 4.69) is 14.8 Å². The van der Waals surface area contributed by atoms with Crippen molar-refractivity contribution >= 4 is 27.4 Å². The molecule has 30 heavy (non-hydrogen) atoms. The zero-order chi connectivity index (χ0) is 21.3. The number of sulfone groups is 1. The van der Waals surface area contributed by atoms with Crippen molar-refractivity contribution in [1.29, 1.82) is 0 Å². The lowest BCUT2D eigenvalue weighted by molar-refractivity contribution is 0.102. The molecular formula is C20H23N3O5S2. The molecule has 0 unspecified atom stereocenters. The average molecular weight is 450 g/mol. The van der Waals surface area contributed by atoms with Gasteiger partial charge in [-0.15, -0.1) is 10.2 Å². The molecule has 0 aromatic carbocycles. The summed E-state index contributed by atoms with van der Waals surface area (Å²) in [5, 5.41) is 8.30. The zero-order valence-electron chi connectivity index (χ0n) is 16.8. The van der Waals surface area contributed by atoms with Gasteiger partial charge in [0, 0.05) is 23.4 Å². The van der Waals surface area contributed by atoms with E-state index in [0.29, 0.717) is 36.1 Å². The smallest absolute Gasteiger partial charge is 0.277 e. The Morgan fingerprint density at radius 3 is 2.87 bits per heavy atom. The SMILES string of the molecule is Cc1cc(C(=O)CSc2nnc(C[C@H]3CCS(=O)(=O)C3)o2)c(C)n1Cc1ccco1. The highest BCUT2D eigenvalue weighted by atomic mass is 32.2. The number of nitrogens with zero attached hydrogens (tertiary/aromatic N) is 3. The average Bonchev–Trinajstić information content (AvgIpc) is 3.47. The van der Waals surface area contributed by atoms with Gasteiger partial charge in [-0.3, -0.25) is 4.79 Å². The summed E-state index contributed by atoms with van der Waals surface area (Å²) < 4.78 is 36.2. The van der Waals surface area contributed by atoms with Gasteiger partial charge in [0.05, 0.1) is 30.1 Å². The topological polar surface area (TPSA) is 108 Å². The standard InChI is InChI=1S/C20H23N3O5S2/c1-13-8-17(14(2)23(13)10-16-4-3-6-27-16)18(24)11-29-20-22-21-19(28-20)9-15-5-7-30(25,26)12-15/h3-4,6,8,15H,5,7,9-12H2,1-2H3/t15-/m1/s1. The zero-order valence-corrected chi connectivity index (χ0v) is 18.5. The minimum absolute atomic E-state index is 0.0135. The molecule has 0 amide bonds. The molecule has 0 N–H and O–H groups in total. The van der Waals surface area contributed by atoms with Crippen molar-refractivity contribution < 1.29 is 22.0 Å². The predicted octanol–water partition coefficient (Wildman–Crippen LogP) is 3.08. The molecule has 1 atom stereocenters. The maximum Gasteiger partial charge on any atom is 0.277 e. The van der Waals surface area contributed by atoms with Crippen molar-refractivity contribution in [3.63, 3.8) is 0 Å². The Bertz CT molecular complexity index is 1150. The lowest BCUT2D eigenvalue weighted by Crippen LogP contribution is -2.07. The number of carbonyl (C=O) groups excluding carboxylic acids is 1. The van der Waals surface area contributed by atoms with E-state index < -0.39 is 9.84 Å². The fourth-order valence-corrected chi connectivity index (χ4v) is 6.27. The van der Waals surface area contributed by atoms with E-state index in [4.69, 9.17) is 8.83 Å². The third kappa shape index (κ3) is 4.70. The van der Waals surface area contributed by atoms with Gasteiger partial charge in [0.1, 0.15) is 5.76 Å². The van der Waals surface area contributed by atoms with Crippen molar-refractivity contribution in [2.24, 2.45) is 5.92 Å². The summed E-state index contributed by atoms with van der Waals surface area (Å²) in [6, 6.07) is 5.64. The number of Topliss-reactive ketones (excluding diaryl/α,β-unsaturated/α-hetero) is 1. The van der Waals surface area contributed by atoms with E-state index >= 15 is 0 Å². The van der Waals surface area contributed by atoms with Crippen LogP contribution in [0.4, 0.5) is 0 Å². The molecule has 0 spiro atoms. The van der Waals surface area contributed by atoms with Crippen LogP contribution in [0.2, 0.25) is 0 Å². The third-order valence-corrected chi connectivity index (χ3v) is 7.99. The number of furan rings is 1. The minimum atomic E-state index is -2.93. The fraction of sp³-hybridized carbons (Fsp3) is 0.450. The van der Waals surface area contributed by atoms with Crippen LogP contribution in [-0.2, 0) is 22.8 Å². The third-order valence-electron chi connectivity index (χ3n) is 5.33. The van der Waals surface area contributed by atoms with Crippen molar-refractivity contribution in [1.82, 2.24) is 14.8 Å². The summed E-state index contributed by atoms with van der Waals surface area (Å²) in [4.78, 5) is 12.7. The van der Waals surface area contributed by atoms with Gasteiger partial charge in [-0.05, 0) is 44.4 Å². The fourth-order valence-electron chi connectivity index (χ4n) is 3.75. The summed E-state index contributed by atoms with van der Waals surface area (Å²) in [7, 11) is -2.93. The maximum atomic E-state index is 12.7. The molecule has 1 fully saturated rings. The lowest BCUT2D eigenvalue weighted by Gasteiger charge is -2.07. The number of aromatic nitrogens is 3. The second-order valence-corrected chi connectivity index (χ2v) is 10.8. The van der Waals surface area contributed by atoms with Crippen molar-refractivity contribution in [2.75, 3.05) is 17.3 Å². The van der Waals surface area contributed by atoms with E-state index in [0.717, 1.165) is 17.1 Å². The molecule has 160 valence electrons. The van der Waals surface area contributed by atoms with Gasteiger partial charge in [0.2, 0.25) is 5.89 Å². The van der Waals surface area contributed by atoms with Gasteiger partial charge in [-0.1, -0.05) is 11.8 Å². The number of aryl methyl sites for hydroxylation is 1. The van der Waals surface area contributed by atoms with Crippen LogP contribution in [0.3, 0.4) is 0 Å². The van der Waals surface area contributed by atoms with Crippen molar-refractivity contribution in [3.05, 3.63) is 53.1 Å². The quantitative estimate of drug-likeness (QED) is 0.381. The Balaban J connectivity index is 1.36. The van der Waals surface area contributed by atoms with E-state index in [-0.39, 0.29) is 29.0 Å². The van der Waals surface area contributed by atoms with Crippen LogP contribution in [0.1, 0.15) is 39.8 Å². The van der Waals surface area contributed by atoms with Gasteiger partial charge in [-0.25, -0.2) is 8.42 Å². The normalized spacial score (nSPS) is 18.1. The Hall–Kier alpha value is -2.33. The number of ketones is 1. The van der Waals surface area contributed by atoms with Crippen LogP contribution in [0.25, 0.3) is 0 Å². The van der Waals surface area contributed by atoms with E-state index in [1.165, 1.54) is 11.8 Å². The molecule has 0 radical (unpaired) electrons. The van der Waals surface area contributed by atoms with Gasteiger partial charge >= 0.3 is 0 Å². The highest BCUT2D eigenvalue weighted by Crippen LogP contribution is 2.25. The summed E-state index contributed by atoms with van der Waals surface area (Å²) in [5.41, 5.74) is 2.55. The molecule has 0 aliphatic carbocycles. The first-order valence-corrected chi connectivity index (χ1v) is 12.5. The molecule has 0 bridgehead atoms. The first-order chi connectivity index (χ1) is 14.3. The molecule has 1 aliphatic rings. The van der Waals surface area contributed by atoms with E-state index in [1.54, 1.807) is 6.26 Å². The number of hydrogen-bond donors (Lipinski definition) is 0. The summed E-state index contributed by atoms with van der Waals surface area (Å²) in [5.74, 6) is 1.84. The van der Waals surface area contributed by atoms with Crippen LogP contribution >= 0.6 is 11.8 Å². The first-order valence-electron chi connectivity index (χ1n) is 9.68. The maximum absolute atomic E-state index is 12.7. The number of thioether (sulfide) groups is 1. The van der Waals surface area contributed by atoms with Crippen LogP contribution in [-0.4, -0.2) is 46.2 Å². The lowest BCUT2D eigenvalue weighted by atomic mass is 10.1. The molecule has 4 rings (SSSR count). The second-order valence-electron chi connectivity index (χ2n) is 7.60. The van der Waals surface area contributed by atoms with Gasteiger partial charge < -0.3 is 13.4 Å². The van der Waals surface area contributed by atoms with Crippen LogP contribution < -0.4 is 0 Å². The van der Waals surface area contributed by atoms with Crippen molar-refractivity contribution in [3.8, 4) is 0 Å². The first kappa shape index (κ1) is 20.9. The van der Waals surface area contributed by atoms with Crippen molar-refractivity contribution in [2.45, 2.75) is 38.5 Å². The number of rotatable bonds is 8. The molecule has 10 heteroatoms. The van der Waals surface area contributed by atoms with Gasteiger partial charge in [0.25, 0.3) is 5.22 Å². The summed E-state index contributed by atoms with van der Waals surface area (Å²) in [6.45, 7) is 4.47. The van der Waals surface area contributed by atoms with E-state index in [9.17, 15) is 13.2 Å². The highest BCUT2D eigenvalue weighted by molar-refractivity contribution is 7.99. The second kappa shape index (κ2) is 8.43. The monoisotopic (exact) mass is 449 g/mol. The Labute approximate surface area is 179 Å². The van der Waals surface area contributed by atoms with Gasteiger partial charge in [0.15, 0.2) is 15.6 Å². The molecule has 4 heterocycles. The molecule has 8 nitrogen and oxygen atoms in total. The number of hydrogen-bond acceptors (Lipinski definition) is 8. The van der Waals surface area contributed by atoms with Crippen LogP contribution in [0, 0.1) is 19.8 Å². The van der Waals surface area contributed by atoms with E-state index in [1.807, 2.05) is 32.0 Å². The molecule has 1 saturated heterocycles.